The molecule has 0 saturated heterocycles. The number of hydrogen-bond donors (Lipinski definition) is 1. The molecule has 0 bridgehead atoms. The minimum Gasteiger partial charge on any atom is -0.383 e. The van der Waals surface area contributed by atoms with Gasteiger partial charge >= 0.3 is 0 Å². The zero-order valence-electron chi connectivity index (χ0n) is 11.6. The van der Waals surface area contributed by atoms with E-state index in [2.05, 4.69) is 35.1 Å². The predicted molar refractivity (Wildman–Crippen MR) is 81.8 cm³/mol. The monoisotopic (exact) mass is 325 g/mol. The molecule has 0 unspecified atom stereocenters. The number of halogens is 1. The summed E-state index contributed by atoms with van der Waals surface area (Å²) in [7, 11) is 1.61. The molecule has 4 heteroatoms. The van der Waals surface area contributed by atoms with Crippen LogP contribution in [0, 0.1) is 5.92 Å². The average Bonchev–Trinajstić information content (AvgIpc) is 2.37. The highest BCUT2D eigenvalue weighted by molar-refractivity contribution is 9.10. The highest BCUT2D eigenvalue weighted by Gasteiger charge is 2.09. The Morgan fingerprint density at radius 2 is 2.00 bits per heavy atom. The fraction of sp³-hybridized carbons (Fsp3) is 0.400. The summed E-state index contributed by atoms with van der Waals surface area (Å²) in [5.74, 6) is 0.206. The first-order chi connectivity index (χ1) is 9.04. The smallest absolute Gasteiger partial charge is 0.244 e. The van der Waals surface area contributed by atoms with Gasteiger partial charge < -0.3 is 10.1 Å². The van der Waals surface area contributed by atoms with Gasteiger partial charge in [-0.05, 0) is 29.2 Å². The number of allylic oxidation sites excluding steroid dienone is 1. The van der Waals surface area contributed by atoms with Crippen molar-refractivity contribution in [3.63, 3.8) is 0 Å². The number of carbonyl (C=O) groups excluding carboxylic acids is 1. The van der Waals surface area contributed by atoms with Crippen LogP contribution < -0.4 is 5.32 Å². The van der Waals surface area contributed by atoms with Gasteiger partial charge in [0.15, 0.2) is 0 Å². The van der Waals surface area contributed by atoms with Crippen LogP contribution in [0.25, 0.3) is 5.57 Å². The molecule has 0 aliphatic carbocycles. The van der Waals surface area contributed by atoms with Crippen LogP contribution in [0.15, 0.2) is 34.8 Å². The lowest BCUT2D eigenvalue weighted by atomic mass is 9.95. The molecule has 19 heavy (non-hydrogen) atoms. The summed E-state index contributed by atoms with van der Waals surface area (Å²) >= 11 is 3.41. The normalized spacial score (nSPS) is 11.7. The van der Waals surface area contributed by atoms with Crippen molar-refractivity contribution in [2.45, 2.75) is 13.8 Å². The van der Waals surface area contributed by atoms with Crippen molar-refractivity contribution >= 4 is 27.4 Å². The van der Waals surface area contributed by atoms with E-state index in [-0.39, 0.29) is 11.8 Å². The van der Waals surface area contributed by atoms with Gasteiger partial charge in [0.25, 0.3) is 0 Å². The second-order valence-corrected chi connectivity index (χ2v) is 5.46. The molecule has 3 nitrogen and oxygen atoms in total. The Morgan fingerprint density at radius 1 is 1.37 bits per heavy atom. The molecule has 0 aliphatic heterocycles. The lowest BCUT2D eigenvalue weighted by Gasteiger charge is -2.12. The molecule has 0 radical (unpaired) electrons. The van der Waals surface area contributed by atoms with E-state index in [1.54, 1.807) is 13.2 Å². The summed E-state index contributed by atoms with van der Waals surface area (Å²) in [6, 6.07) is 7.99. The van der Waals surface area contributed by atoms with E-state index in [1.807, 2.05) is 24.3 Å². The fourth-order valence-corrected chi connectivity index (χ4v) is 1.96. The number of amides is 1. The van der Waals surface area contributed by atoms with Crippen LogP contribution >= 0.6 is 15.9 Å². The van der Waals surface area contributed by atoms with Gasteiger partial charge in [-0.25, -0.2) is 0 Å². The maximum Gasteiger partial charge on any atom is 0.244 e. The summed E-state index contributed by atoms with van der Waals surface area (Å²) in [6.07, 6.45) is 1.67. The van der Waals surface area contributed by atoms with Crippen molar-refractivity contribution in [2.24, 2.45) is 5.92 Å². The van der Waals surface area contributed by atoms with Crippen molar-refractivity contribution in [1.82, 2.24) is 5.32 Å². The van der Waals surface area contributed by atoms with Gasteiger partial charge in [0.2, 0.25) is 5.91 Å². The molecule has 1 aromatic carbocycles. The average molecular weight is 326 g/mol. The highest BCUT2D eigenvalue weighted by atomic mass is 79.9. The van der Waals surface area contributed by atoms with Gasteiger partial charge in [0.05, 0.1) is 6.61 Å². The third-order valence-corrected chi connectivity index (χ3v) is 3.22. The Balaban J connectivity index is 2.82. The summed E-state index contributed by atoms with van der Waals surface area (Å²) in [6.45, 7) is 5.21. The Morgan fingerprint density at radius 3 is 2.53 bits per heavy atom. The second-order valence-electron chi connectivity index (χ2n) is 4.55. The SMILES string of the molecule is COCCNC(=O)/C=C(/c1ccc(Br)cc1)C(C)C. The molecular formula is C15H20BrNO2. The van der Waals surface area contributed by atoms with E-state index in [1.165, 1.54) is 0 Å². The highest BCUT2D eigenvalue weighted by Crippen LogP contribution is 2.24. The van der Waals surface area contributed by atoms with E-state index < -0.39 is 0 Å². The lowest BCUT2D eigenvalue weighted by molar-refractivity contribution is -0.116. The zero-order chi connectivity index (χ0) is 14.3. The molecule has 0 atom stereocenters. The molecule has 1 aromatic rings. The van der Waals surface area contributed by atoms with Crippen LogP contribution in [0.1, 0.15) is 19.4 Å². The molecule has 0 aromatic heterocycles. The van der Waals surface area contributed by atoms with E-state index >= 15 is 0 Å². The van der Waals surface area contributed by atoms with E-state index in [4.69, 9.17) is 4.74 Å². The molecule has 0 heterocycles. The number of hydrogen-bond acceptors (Lipinski definition) is 2. The zero-order valence-corrected chi connectivity index (χ0v) is 13.2. The number of ether oxygens (including phenoxy) is 1. The number of methoxy groups -OCH3 is 1. The third-order valence-electron chi connectivity index (χ3n) is 2.69. The van der Waals surface area contributed by atoms with Gasteiger partial charge in [0.1, 0.15) is 0 Å². The number of carbonyl (C=O) groups is 1. The van der Waals surface area contributed by atoms with E-state index in [0.29, 0.717) is 13.2 Å². The van der Waals surface area contributed by atoms with Gasteiger partial charge in [-0.15, -0.1) is 0 Å². The van der Waals surface area contributed by atoms with Crippen molar-refractivity contribution in [3.8, 4) is 0 Å². The second kappa shape index (κ2) is 8.12. The number of rotatable bonds is 6. The molecular weight excluding hydrogens is 306 g/mol. The van der Waals surface area contributed by atoms with Crippen LogP contribution in [0.5, 0.6) is 0 Å². The summed E-state index contributed by atoms with van der Waals surface area (Å²) in [5.41, 5.74) is 2.10. The molecule has 1 rings (SSSR count). The quantitative estimate of drug-likeness (QED) is 0.644. The van der Waals surface area contributed by atoms with Crippen LogP contribution in [0.4, 0.5) is 0 Å². The maximum atomic E-state index is 11.8. The molecule has 1 N–H and O–H groups in total. The van der Waals surface area contributed by atoms with Crippen molar-refractivity contribution < 1.29 is 9.53 Å². The maximum absolute atomic E-state index is 11.8. The molecule has 0 saturated carbocycles. The lowest BCUT2D eigenvalue weighted by Crippen LogP contribution is -2.25. The van der Waals surface area contributed by atoms with E-state index in [0.717, 1.165) is 15.6 Å². The summed E-state index contributed by atoms with van der Waals surface area (Å²) in [4.78, 5) is 11.8. The fourth-order valence-electron chi connectivity index (χ4n) is 1.69. The first-order valence-corrected chi connectivity index (χ1v) is 7.08. The van der Waals surface area contributed by atoms with Crippen LogP contribution in [-0.2, 0) is 9.53 Å². The molecule has 0 fully saturated rings. The molecule has 0 spiro atoms. The Bertz CT molecular complexity index is 438. The first kappa shape index (κ1) is 15.9. The third kappa shape index (κ3) is 5.57. The van der Waals surface area contributed by atoms with Crippen LogP contribution in [-0.4, -0.2) is 26.2 Å². The van der Waals surface area contributed by atoms with Gasteiger partial charge in [-0.3, -0.25) is 4.79 Å². The number of nitrogens with one attached hydrogen (secondary N) is 1. The minimum absolute atomic E-state index is 0.0799. The Kier molecular flexibility index (Phi) is 6.81. The Hall–Kier alpha value is -1.13. The summed E-state index contributed by atoms with van der Waals surface area (Å²) < 4.78 is 5.93. The molecule has 0 aliphatic rings. The van der Waals surface area contributed by atoms with Gasteiger partial charge in [-0.2, -0.15) is 0 Å². The summed E-state index contributed by atoms with van der Waals surface area (Å²) in [5, 5.41) is 2.80. The Labute approximate surface area is 123 Å². The standard InChI is InChI=1S/C15H20BrNO2/c1-11(2)14(10-15(18)17-8-9-19-3)12-4-6-13(16)7-5-12/h4-7,10-11H,8-9H2,1-3H3,(H,17,18)/b14-10+. The molecule has 1 amide bonds. The van der Waals surface area contributed by atoms with Crippen molar-refractivity contribution in [1.29, 1.82) is 0 Å². The minimum atomic E-state index is -0.0799. The van der Waals surface area contributed by atoms with Crippen molar-refractivity contribution in [3.05, 3.63) is 40.4 Å². The van der Waals surface area contributed by atoms with Crippen LogP contribution in [0.3, 0.4) is 0 Å². The first-order valence-electron chi connectivity index (χ1n) is 6.29. The van der Waals surface area contributed by atoms with Gasteiger partial charge in [-0.1, -0.05) is 41.9 Å². The van der Waals surface area contributed by atoms with Crippen molar-refractivity contribution in [2.75, 3.05) is 20.3 Å². The molecule has 104 valence electrons. The largest absolute Gasteiger partial charge is 0.383 e. The van der Waals surface area contributed by atoms with E-state index in [9.17, 15) is 4.79 Å². The predicted octanol–water partition coefficient (Wildman–Crippen LogP) is 3.25. The van der Waals surface area contributed by atoms with Crippen LogP contribution in [0.2, 0.25) is 0 Å². The topological polar surface area (TPSA) is 38.3 Å². The number of benzene rings is 1. The van der Waals surface area contributed by atoms with Gasteiger partial charge in [0, 0.05) is 24.2 Å².